The van der Waals surface area contributed by atoms with Gasteiger partial charge in [-0.15, -0.1) is 5.10 Å². The maximum Gasteiger partial charge on any atom is 0.243 e. The van der Waals surface area contributed by atoms with Crippen molar-refractivity contribution >= 4 is 28.8 Å². The van der Waals surface area contributed by atoms with Gasteiger partial charge in [0.1, 0.15) is 23.3 Å². The average Bonchev–Trinajstić information content (AvgIpc) is 3.77. The van der Waals surface area contributed by atoms with Gasteiger partial charge in [-0.3, -0.25) is 14.4 Å². The quantitative estimate of drug-likeness (QED) is 0.363. The van der Waals surface area contributed by atoms with E-state index in [1.54, 1.807) is 21.6 Å². The van der Waals surface area contributed by atoms with E-state index in [2.05, 4.69) is 21.7 Å². The number of aromatic nitrogens is 3. The van der Waals surface area contributed by atoms with Crippen LogP contribution in [0.3, 0.4) is 0 Å². The van der Waals surface area contributed by atoms with Crippen LogP contribution in [0, 0.1) is 17.2 Å². The Morgan fingerprint density at radius 2 is 1.93 bits per heavy atom. The zero-order chi connectivity index (χ0) is 30.5. The van der Waals surface area contributed by atoms with Gasteiger partial charge >= 0.3 is 0 Å². The van der Waals surface area contributed by atoms with Crippen LogP contribution >= 0.6 is 0 Å². The Morgan fingerprint density at radius 1 is 1.16 bits per heavy atom. The van der Waals surface area contributed by atoms with Gasteiger partial charge in [0.25, 0.3) is 0 Å². The summed E-state index contributed by atoms with van der Waals surface area (Å²) in [4.78, 5) is 43.1. The lowest BCUT2D eigenvalue weighted by Gasteiger charge is -2.27. The molecule has 3 heterocycles. The van der Waals surface area contributed by atoms with Crippen LogP contribution in [-0.4, -0.2) is 80.8 Å². The molecule has 4 unspecified atom stereocenters. The molecule has 0 bridgehead atoms. The van der Waals surface area contributed by atoms with E-state index in [1.165, 1.54) is 0 Å². The topological polar surface area (TPSA) is 159 Å². The molecule has 12 nitrogen and oxygen atoms in total. The highest BCUT2D eigenvalue weighted by Crippen LogP contribution is 2.29. The van der Waals surface area contributed by atoms with Crippen molar-refractivity contribution in [1.29, 1.82) is 5.26 Å². The molecule has 2 aliphatic rings. The molecule has 3 aromatic rings. The van der Waals surface area contributed by atoms with Crippen LogP contribution in [-0.2, 0) is 34.4 Å². The standard InChI is InChI=1S/C31H38N8O4/c1-37-27-11-7-21(15-26(27)35-36-37)18-34-30(41)28-16-22(14-20-5-8-24(43-2)9-6-20)19-39(28)31(42)25(33)10-12-29(40)38-13-3-4-23(38)17-32/h5-9,11,15,22-23,25,28H,3-4,10,12-14,16,18-19,33H2,1-2H3,(H,34,41). The number of nitrogens with one attached hydrogen (secondary N) is 1. The third-order valence-corrected chi connectivity index (χ3v) is 8.51. The number of methoxy groups -OCH3 is 1. The maximum atomic E-state index is 13.6. The number of benzene rings is 2. The normalized spacial score (nSPS) is 20.7. The molecule has 2 aliphatic heterocycles. The Labute approximate surface area is 250 Å². The highest BCUT2D eigenvalue weighted by molar-refractivity contribution is 5.91. The van der Waals surface area contributed by atoms with E-state index in [0.717, 1.165) is 34.3 Å². The van der Waals surface area contributed by atoms with E-state index in [-0.39, 0.29) is 43.0 Å². The van der Waals surface area contributed by atoms with Gasteiger partial charge in [-0.05, 0) is 73.4 Å². The lowest BCUT2D eigenvalue weighted by molar-refractivity contribution is -0.140. The molecule has 12 heteroatoms. The summed E-state index contributed by atoms with van der Waals surface area (Å²) in [6.45, 7) is 1.22. The number of fused-ring (bicyclic) bond motifs is 1. The Hall–Kier alpha value is -4.50. The number of nitriles is 1. The molecular formula is C31H38N8O4. The Balaban J connectivity index is 1.25. The van der Waals surface area contributed by atoms with Crippen LogP contribution in [0.15, 0.2) is 42.5 Å². The number of nitrogens with two attached hydrogens (primary N) is 1. The van der Waals surface area contributed by atoms with E-state index >= 15 is 0 Å². The molecular weight excluding hydrogens is 548 g/mol. The van der Waals surface area contributed by atoms with Crippen LogP contribution in [0.1, 0.15) is 43.2 Å². The molecule has 43 heavy (non-hydrogen) atoms. The van der Waals surface area contributed by atoms with Gasteiger partial charge in [-0.2, -0.15) is 5.26 Å². The molecule has 4 atom stereocenters. The molecule has 226 valence electrons. The number of rotatable bonds is 10. The first-order valence-corrected chi connectivity index (χ1v) is 14.7. The van der Waals surface area contributed by atoms with Crippen LogP contribution in [0.5, 0.6) is 5.75 Å². The fourth-order valence-electron chi connectivity index (χ4n) is 6.12. The summed E-state index contributed by atoms with van der Waals surface area (Å²) in [5, 5.41) is 20.5. The number of carbonyl (C=O) groups is 3. The zero-order valence-electron chi connectivity index (χ0n) is 24.6. The molecule has 2 aromatic carbocycles. The van der Waals surface area contributed by atoms with Crippen molar-refractivity contribution < 1.29 is 19.1 Å². The van der Waals surface area contributed by atoms with E-state index in [9.17, 15) is 19.6 Å². The molecule has 5 rings (SSSR count). The average molecular weight is 587 g/mol. The van der Waals surface area contributed by atoms with Crippen molar-refractivity contribution in [3.05, 3.63) is 53.6 Å². The number of aryl methyl sites for hydroxylation is 1. The number of amides is 3. The first-order chi connectivity index (χ1) is 20.8. The summed E-state index contributed by atoms with van der Waals surface area (Å²) >= 11 is 0. The fourth-order valence-corrected chi connectivity index (χ4v) is 6.12. The highest BCUT2D eigenvalue weighted by atomic mass is 16.5. The Kier molecular flexibility index (Phi) is 9.21. The molecule has 0 radical (unpaired) electrons. The third kappa shape index (κ3) is 6.78. The summed E-state index contributed by atoms with van der Waals surface area (Å²) in [6.07, 6.45) is 2.88. The predicted molar refractivity (Wildman–Crippen MR) is 158 cm³/mol. The molecule has 3 amide bonds. The van der Waals surface area contributed by atoms with E-state index in [1.807, 2.05) is 49.5 Å². The lowest BCUT2D eigenvalue weighted by atomic mass is 9.96. The van der Waals surface area contributed by atoms with Gasteiger partial charge in [0.15, 0.2) is 0 Å². The molecule has 0 aliphatic carbocycles. The second kappa shape index (κ2) is 13.2. The van der Waals surface area contributed by atoms with E-state index < -0.39 is 18.1 Å². The largest absolute Gasteiger partial charge is 0.497 e. The smallest absolute Gasteiger partial charge is 0.243 e. The maximum absolute atomic E-state index is 13.6. The van der Waals surface area contributed by atoms with Crippen molar-refractivity contribution in [2.75, 3.05) is 20.2 Å². The van der Waals surface area contributed by atoms with Crippen molar-refractivity contribution in [1.82, 2.24) is 30.1 Å². The van der Waals surface area contributed by atoms with Gasteiger partial charge in [0.05, 0.1) is 24.7 Å². The molecule has 0 spiro atoms. The van der Waals surface area contributed by atoms with Crippen molar-refractivity contribution in [2.24, 2.45) is 18.7 Å². The summed E-state index contributed by atoms with van der Waals surface area (Å²) in [5.74, 6) is 0.0604. The van der Waals surface area contributed by atoms with Crippen LogP contribution < -0.4 is 15.8 Å². The number of likely N-dealkylation sites (tertiary alicyclic amines) is 2. The van der Waals surface area contributed by atoms with E-state index in [4.69, 9.17) is 10.5 Å². The van der Waals surface area contributed by atoms with Crippen LogP contribution in [0.2, 0.25) is 0 Å². The van der Waals surface area contributed by atoms with Crippen molar-refractivity contribution in [3.63, 3.8) is 0 Å². The molecule has 3 N–H and O–H groups in total. The summed E-state index contributed by atoms with van der Waals surface area (Å²) in [5.41, 5.74) is 9.93. The van der Waals surface area contributed by atoms with E-state index in [0.29, 0.717) is 32.4 Å². The van der Waals surface area contributed by atoms with Gasteiger partial charge in [0, 0.05) is 33.1 Å². The second-order valence-electron chi connectivity index (χ2n) is 11.4. The lowest BCUT2D eigenvalue weighted by Crippen LogP contribution is -2.51. The monoisotopic (exact) mass is 586 g/mol. The molecule has 1 aromatic heterocycles. The van der Waals surface area contributed by atoms with Crippen LogP contribution in [0.4, 0.5) is 0 Å². The number of carbonyl (C=O) groups excluding carboxylic acids is 3. The number of hydrogen-bond acceptors (Lipinski definition) is 8. The molecule has 0 saturated carbocycles. The summed E-state index contributed by atoms with van der Waals surface area (Å²) in [6, 6.07) is 13.6. The van der Waals surface area contributed by atoms with Gasteiger partial charge < -0.3 is 25.6 Å². The minimum atomic E-state index is -0.929. The first-order valence-electron chi connectivity index (χ1n) is 14.7. The van der Waals surface area contributed by atoms with Crippen molar-refractivity contribution in [2.45, 2.75) is 63.2 Å². The minimum absolute atomic E-state index is 0.0545. The van der Waals surface area contributed by atoms with Crippen LogP contribution in [0.25, 0.3) is 11.0 Å². The van der Waals surface area contributed by atoms with Gasteiger partial charge in [-0.25, -0.2) is 4.68 Å². The number of hydrogen-bond donors (Lipinski definition) is 2. The minimum Gasteiger partial charge on any atom is -0.497 e. The first kappa shape index (κ1) is 30.0. The van der Waals surface area contributed by atoms with Gasteiger partial charge in [0.2, 0.25) is 17.7 Å². The fraction of sp³-hybridized carbons (Fsp3) is 0.484. The number of nitrogens with zero attached hydrogens (tertiary/aromatic N) is 6. The van der Waals surface area contributed by atoms with Gasteiger partial charge in [-0.1, -0.05) is 23.4 Å². The molecule has 2 fully saturated rings. The predicted octanol–water partition coefficient (Wildman–Crippen LogP) is 1.67. The summed E-state index contributed by atoms with van der Waals surface area (Å²) < 4.78 is 6.95. The zero-order valence-corrected chi connectivity index (χ0v) is 24.6. The summed E-state index contributed by atoms with van der Waals surface area (Å²) in [7, 11) is 3.44. The Morgan fingerprint density at radius 3 is 2.67 bits per heavy atom. The highest BCUT2D eigenvalue weighted by Gasteiger charge is 2.41. The molecule has 2 saturated heterocycles. The second-order valence-corrected chi connectivity index (χ2v) is 11.4. The third-order valence-electron chi connectivity index (χ3n) is 8.51. The Bertz CT molecular complexity index is 1510. The SMILES string of the molecule is COc1ccc(CC2CC(C(=O)NCc3ccc4c(c3)nnn4C)N(C(=O)C(N)CCC(=O)N3CCCC3C#N)C2)cc1. The van der Waals surface area contributed by atoms with Crippen molar-refractivity contribution in [3.8, 4) is 11.8 Å². The number of ether oxygens (including phenoxy) is 1.